The number of nitrogens with zero attached hydrogens (tertiary/aromatic N) is 2. The third kappa shape index (κ3) is 6.73. The Hall–Kier alpha value is -2.32. The number of carboxylic acid groups (broad SMARTS) is 1. The maximum atomic E-state index is 12.5. The number of carbonyl (C=O) groups is 2. The van der Waals surface area contributed by atoms with Crippen molar-refractivity contribution in [2.45, 2.75) is 26.5 Å². The van der Waals surface area contributed by atoms with Gasteiger partial charge in [0.05, 0.1) is 25.9 Å². The SMILES string of the molecule is CCOc1cc(C)ccc1CNC(=O)N1CCOC(CN(C)CC(=O)O)C1. The van der Waals surface area contributed by atoms with Gasteiger partial charge in [0.15, 0.2) is 0 Å². The summed E-state index contributed by atoms with van der Waals surface area (Å²) in [7, 11) is 1.73. The minimum atomic E-state index is -0.883. The van der Waals surface area contributed by atoms with Crippen LogP contribution in [0.1, 0.15) is 18.1 Å². The Balaban J connectivity index is 1.87. The molecule has 27 heavy (non-hydrogen) atoms. The lowest BCUT2D eigenvalue weighted by Gasteiger charge is -2.34. The second-order valence-electron chi connectivity index (χ2n) is 6.73. The first-order valence-electron chi connectivity index (χ1n) is 9.16. The molecule has 1 saturated heterocycles. The zero-order chi connectivity index (χ0) is 19.8. The van der Waals surface area contributed by atoms with Gasteiger partial charge in [0, 0.05) is 31.7 Å². The standard InChI is InChI=1S/C19H29N3O5/c1-4-26-17-9-14(2)5-6-15(17)10-20-19(25)22-7-8-27-16(12-22)11-21(3)13-18(23)24/h5-6,9,16H,4,7-8,10-13H2,1-3H3,(H,20,25)(H,23,24). The van der Waals surface area contributed by atoms with Gasteiger partial charge in [-0.3, -0.25) is 9.69 Å². The van der Waals surface area contributed by atoms with Crippen LogP contribution in [0.15, 0.2) is 18.2 Å². The zero-order valence-electron chi connectivity index (χ0n) is 16.2. The van der Waals surface area contributed by atoms with Crippen LogP contribution in [-0.2, 0) is 16.1 Å². The molecule has 1 heterocycles. The highest BCUT2D eigenvalue weighted by Crippen LogP contribution is 2.20. The van der Waals surface area contributed by atoms with Gasteiger partial charge < -0.3 is 24.8 Å². The second kappa shape index (κ2) is 10.1. The van der Waals surface area contributed by atoms with Crippen molar-refractivity contribution in [2.24, 2.45) is 0 Å². The van der Waals surface area contributed by atoms with Gasteiger partial charge in [-0.2, -0.15) is 0 Å². The smallest absolute Gasteiger partial charge is 0.317 e. The molecule has 0 radical (unpaired) electrons. The number of carboxylic acids is 1. The van der Waals surface area contributed by atoms with Gasteiger partial charge in [-0.05, 0) is 32.5 Å². The number of benzene rings is 1. The summed E-state index contributed by atoms with van der Waals surface area (Å²) >= 11 is 0. The summed E-state index contributed by atoms with van der Waals surface area (Å²) in [6.45, 7) is 6.67. The molecule has 1 aliphatic heterocycles. The highest BCUT2D eigenvalue weighted by Gasteiger charge is 2.25. The molecule has 2 amide bonds. The number of aryl methyl sites for hydroxylation is 1. The van der Waals surface area contributed by atoms with Gasteiger partial charge in [-0.1, -0.05) is 12.1 Å². The summed E-state index contributed by atoms with van der Waals surface area (Å²) in [5.74, 6) is -0.0981. The lowest BCUT2D eigenvalue weighted by molar-refractivity contribution is -0.138. The number of nitrogens with one attached hydrogen (secondary N) is 1. The predicted octanol–water partition coefficient (Wildman–Crippen LogP) is 1.32. The van der Waals surface area contributed by atoms with E-state index < -0.39 is 5.97 Å². The van der Waals surface area contributed by atoms with E-state index in [1.807, 2.05) is 32.0 Å². The summed E-state index contributed by atoms with van der Waals surface area (Å²) in [4.78, 5) is 26.7. The molecule has 8 nitrogen and oxygen atoms in total. The van der Waals surface area contributed by atoms with Gasteiger partial charge in [-0.25, -0.2) is 4.79 Å². The third-order valence-corrected chi connectivity index (χ3v) is 4.30. The van der Waals surface area contributed by atoms with Crippen LogP contribution in [0.25, 0.3) is 0 Å². The Morgan fingerprint density at radius 2 is 2.22 bits per heavy atom. The highest BCUT2D eigenvalue weighted by atomic mass is 16.5. The monoisotopic (exact) mass is 379 g/mol. The molecule has 8 heteroatoms. The number of likely N-dealkylation sites (N-methyl/N-ethyl adjacent to an activating group) is 1. The van der Waals surface area contributed by atoms with Crippen molar-refractivity contribution in [1.29, 1.82) is 0 Å². The maximum absolute atomic E-state index is 12.5. The van der Waals surface area contributed by atoms with E-state index in [-0.39, 0.29) is 18.7 Å². The Morgan fingerprint density at radius 1 is 1.44 bits per heavy atom. The van der Waals surface area contributed by atoms with Crippen molar-refractivity contribution in [3.05, 3.63) is 29.3 Å². The van der Waals surface area contributed by atoms with Crippen LogP contribution in [-0.4, -0.2) is 79.5 Å². The molecule has 1 atom stereocenters. The molecule has 1 aromatic rings. The van der Waals surface area contributed by atoms with E-state index in [1.165, 1.54) is 0 Å². The van der Waals surface area contributed by atoms with E-state index in [0.29, 0.717) is 39.4 Å². The molecule has 2 N–H and O–H groups in total. The Kier molecular flexibility index (Phi) is 7.87. The number of hydrogen-bond donors (Lipinski definition) is 2. The number of ether oxygens (including phenoxy) is 2. The Labute approximate surface area is 160 Å². The fourth-order valence-electron chi connectivity index (χ4n) is 3.04. The van der Waals surface area contributed by atoms with E-state index in [9.17, 15) is 9.59 Å². The van der Waals surface area contributed by atoms with Crippen molar-refractivity contribution in [3.8, 4) is 5.75 Å². The molecular formula is C19H29N3O5. The third-order valence-electron chi connectivity index (χ3n) is 4.30. The van der Waals surface area contributed by atoms with Gasteiger partial charge in [0.2, 0.25) is 0 Å². The first-order valence-corrected chi connectivity index (χ1v) is 9.16. The van der Waals surface area contributed by atoms with Crippen LogP contribution in [0.3, 0.4) is 0 Å². The molecule has 2 rings (SSSR count). The number of rotatable bonds is 8. The van der Waals surface area contributed by atoms with Crippen molar-refractivity contribution in [3.63, 3.8) is 0 Å². The molecule has 150 valence electrons. The van der Waals surface area contributed by atoms with Crippen molar-refractivity contribution >= 4 is 12.0 Å². The maximum Gasteiger partial charge on any atom is 0.317 e. The van der Waals surface area contributed by atoms with E-state index in [0.717, 1.165) is 16.9 Å². The lowest BCUT2D eigenvalue weighted by Crippen LogP contribution is -2.52. The highest BCUT2D eigenvalue weighted by molar-refractivity contribution is 5.74. The number of urea groups is 1. The Bertz CT molecular complexity index is 652. The number of amides is 2. The number of morpholine rings is 1. The van der Waals surface area contributed by atoms with E-state index in [2.05, 4.69) is 5.32 Å². The predicted molar refractivity (Wildman–Crippen MR) is 101 cm³/mol. The van der Waals surface area contributed by atoms with Crippen molar-refractivity contribution in [1.82, 2.24) is 15.1 Å². The fourth-order valence-corrected chi connectivity index (χ4v) is 3.04. The number of hydrogen-bond acceptors (Lipinski definition) is 5. The second-order valence-corrected chi connectivity index (χ2v) is 6.73. The zero-order valence-corrected chi connectivity index (χ0v) is 16.2. The Morgan fingerprint density at radius 3 is 2.93 bits per heavy atom. The lowest BCUT2D eigenvalue weighted by atomic mass is 10.1. The van der Waals surface area contributed by atoms with E-state index in [1.54, 1.807) is 16.8 Å². The van der Waals surface area contributed by atoms with Crippen LogP contribution in [0.2, 0.25) is 0 Å². The molecule has 0 saturated carbocycles. The van der Waals surface area contributed by atoms with E-state index >= 15 is 0 Å². The average Bonchev–Trinajstić information content (AvgIpc) is 2.60. The average molecular weight is 379 g/mol. The summed E-state index contributed by atoms with van der Waals surface area (Å²) in [6.07, 6.45) is -0.202. The molecule has 0 spiro atoms. The molecule has 1 aromatic carbocycles. The molecule has 0 aliphatic carbocycles. The summed E-state index contributed by atoms with van der Waals surface area (Å²) < 4.78 is 11.3. The van der Waals surface area contributed by atoms with Crippen LogP contribution in [0.4, 0.5) is 4.79 Å². The number of carbonyl (C=O) groups excluding carboxylic acids is 1. The van der Waals surface area contributed by atoms with Gasteiger partial charge in [0.1, 0.15) is 5.75 Å². The van der Waals surface area contributed by atoms with Crippen molar-refractivity contribution < 1.29 is 24.2 Å². The topological polar surface area (TPSA) is 91.3 Å². The molecule has 1 unspecified atom stereocenters. The van der Waals surface area contributed by atoms with Gasteiger partial charge >= 0.3 is 12.0 Å². The van der Waals surface area contributed by atoms with E-state index in [4.69, 9.17) is 14.6 Å². The quantitative estimate of drug-likeness (QED) is 0.708. The molecule has 0 aromatic heterocycles. The summed E-state index contributed by atoms with van der Waals surface area (Å²) in [6, 6.07) is 5.76. The molecule has 1 fully saturated rings. The van der Waals surface area contributed by atoms with Crippen LogP contribution >= 0.6 is 0 Å². The minimum Gasteiger partial charge on any atom is -0.494 e. The number of aliphatic carboxylic acids is 1. The molecule has 0 bridgehead atoms. The van der Waals surface area contributed by atoms with Gasteiger partial charge in [0.25, 0.3) is 0 Å². The molecule has 1 aliphatic rings. The van der Waals surface area contributed by atoms with Crippen molar-refractivity contribution in [2.75, 3.05) is 46.4 Å². The minimum absolute atomic E-state index is 0.0559. The normalized spacial score (nSPS) is 17.0. The fraction of sp³-hybridized carbons (Fsp3) is 0.579. The molecular weight excluding hydrogens is 350 g/mol. The van der Waals surface area contributed by atoms with Gasteiger partial charge in [-0.15, -0.1) is 0 Å². The first-order chi connectivity index (χ1) is 12.9. The summed E-state index contributed by atoms with van der Waals surface area (Å²) in [5, 5.41) is 11.8. The summed E-state index contributed by atoms with van der Waals surface area (Å²) in [5.41, 5.74) is 2.04. The van der Waals surface area contributed by atoms with Crippen LogP contribution < -0.4 is 10.1 Å². The van der Waals surface area contributed by atoms with Crippen LogP contribution in [0.5, 0.6) is 5.75 Å². The van der Waals surface area contributed by atoms with Crippen LogP contribution in [0, 0.1) is 6.92 Å². The largest absolute Gasteiger partial charge is 0.494 e. The first kappa shape index (κ1) is 21.0.